The monoisotopic (exact) mass is 324 g/mol. The standard InChI is InChI=1S/C19H20N2O3/c20-18(22)13-4-3-5-14(12-13)19(23)21-15-8-10-17(11-9-15)24-16-6-1-2-7-16/h3-5,8-12,16H,1-2,6-7H2,(H2,20,22)(H,21,23). The number of ether oxygens (including phenoxy) is 1. The molecule has 3 rings (SSSR count). The fraction of sp³-hybridized carbons (Fsp3) is 0.263. The SMILES string of the molecule is NC(=O)c1cccc(C(=O)Nc2ccc(OC3CCCC3)cc2)c1. The van der Waals surface area contributed by atoms with Crippen molar-refractivity contribution >= 4 is 17.5 Å². The first-order valence-corrected chi connectivity index (χ1v) is 8.10. The Hall–Kier alpha value is -2.82. The number of rotatable bonds is 5. The van der Waals surface area contributed by atoms with Crippen molar-refractivity contribution in [3.63, 3.8) is 0 Å². The van der Waals surface area contributed by atoms with Crippen LogP contribution in [-0.2, 0) is 0 Å². The summed E-state index contributed by atoms with van der Waals surface area (Å²) in [7, 11) is 0. The minimum Gasteiger partial charge on any atom is -0.490 e. The summed E-state index contributed by atoms with van der Waals surface area (Å²) in [4.78, 5) is 23.4. The molecule has 0 heterocycles. The number of anilines is 1. The Morgan fingerprint density at radius 3 is 2.33 bits per heavy atom. The average Bonchev–Trinajstić information content (AvgIpc) is 3.10. The van der Waals surface area contributed by atoms with Crippen LogP contribution in [-0.4, -0.2) is 17.9 Å². The van der Waals surface area contributed by atoms with Crippen LogP contribution in [0, 0.1) is 0 Å². The number of carbonyl (C=O) groups excluding carboxylic acids is 2. The van der Waals surface area contributed by atoms with Gasteiger partial charge in [-0.15, -0.1) is 0 Å². The molecule has 0 aromatic heterocycles. The van der Waals surface area contributed by atoms with Crippen LogP contribution in [0.25, 0.3) is 0 Å². The van der Waals surface area contributed by atoms with Crippen molar-refractivity contribution in [2.24, 2.45) is 5.73 Å². The van der Waals surface area contributed by atoms with Crippen LogP contribution in [0.1, 0.15) is 46.4 Å². The first-order chi connectivity index (χ1) is 11.6. The lowest BCUT2D eigenvalue weighted by atomic mass is 10.1. The fourth-order valence-corrected chi connectivity index (χ4v) is 2.83. The molecule has 3 N–H and O–H groups in total. The second-order valence-electron chi connectivity index (χ2n) is 5.95. The van der Waals surface area contributed by atoms with Gasteiger partial charge in [-0.25, -0.2) is 0 Å². The third-order valence-corrected chi connectivity index (χ3v) is 4.13. The molecule has 1 saturated carbocycles. The lowest BCUT2D eigenvalue weighted by Crippen LogP contribution is -2.15. The Morgan fingerprint density at radius 2 is 1.67 bits per heavy atom. The summed E-state index contributed by atoms with van der Waals surface area (Å²) in [5.41, 5.74) is 6.60. The van der Waals surface area contributed by atoms with Gasteiger partial charge in [0.2, 0.25) is 5.91 Å². The quantitative estimate of drug-likeness (QED) is 0.885. The largest absolute Gasteiger partial charge is 0.490 e. The maximum atomic E-state index is 12.3. The molecule has 2 aromatic carbocycles. The maximum Gasteiger partial charge on any atom is 0.255 e. The van der Waals surface area contributed by atoms with E-state index in [0.29, 0.717) is 22.9 Å². The van der Waals surface area contributed by atoms with E-state index in [0.717, 1.165) is 18.6 Å². The maximum absolute atomic E-state index is 12.3. The Labute approximate surface area is 140 Å². The van der Waals surface area contributed by atoms with E-state index in [1.54, 1.807) is 30.3 Å². The van der Waals surface area contributed by atoms with E-state index < -0.39 is 5.91 Å². The molecule has 124 valence electrons. The zero-order chi connectivity index (χ0) is 16.9. The van der Waals surface area contributed by atoms with Gasteiger partial charge in [-0.2, -0.15) is 0 Å². The zero-order valence-electron chi connectivity index (χ0n) is 13.3. The summed E-state index contributed by atoms with van der Waals surface area (Å²) in [6.45, 7) is 0. The molecular formula is C19H20N2O3. The van der Waals surface area contributed by atoms with E-state index in [9.17, 15) is 9.59 Å². The van der Waals surface area contributed by atoms with E-state index in [1.165, 1.54) is 18.9 Å². The highest BCUT2D eigenvalue weighted by atomic mass is 16.5. The molecule has 2 amide bonds. The number of nitrogens with one attached hydrogen (secondary N) is 1. The van der Waals surface area contributed by atoms with Crippen molar-refractivity contribution in [2.45, 2.75) is 31.8 Å². The van der Waals surface area contributed by atoms with Crippen LogP contribution in [0.2, 0.25) is 0 Å². The van der Waals surface area contributed by atoms with Gasteiger partial charge in [0.05, 0.1) is 6.10 Å². The van der Waals surface area contributed by atoms with Gasteiger partial charge in [0.25, 0.3) is 5.91 Å². The molecule has 0 radical (unpaired) electrons. The molecule has 1 aliphatic carbocycles. The summed E-state index contributed by atoms with van der Waals surface area (Å²) in [5.74, 6) is -0.0312. The summed E-state index contributed by atoms with van der Waals surface area (Å²) in [5, 5.41) is 2.80. The van der Waals surface area contributed by atoms with Crippen LogP contribution in [0.4, 0.5) is 5.69 Å². The molecule has 5 nitrogen and oxygen atoms in total. The molecule has 0 unspecified atom stereocenters. The molecule has 2 aromatic rings. The van der Waals surface area contributed by atoms with Gasteiger partial charge < -0.3 is 15.8 Å². The summed E-state index contributed by atoms with van der Waals surface area (Å²) < 4.78 is 5.90. The first kappa shape index (κ1) is 16.1. The van der Waals surface area contributed by atoms with Crippen LogP contribution in [0.5, 0.6) is 5.75 Å². The normalized spacial score (nSPS) is 14.3. The van der Waals surface area contributed by atoms with E-state index in [4.69, 9.17) is 10.5 Å². The highest BCUT2D eigenvalue weighted by Gasteiger charge is 2.16. The van der Waals surface area contributed by atoms with Gasteiger partial charge in [-0.05, 0) is 68.1 Å². The Balaban J connectivity index is 1.63. The second-order valence-corrected chi connectivity index (χ2v) is 5.95. The molecule has 0 bridgehead atoms. The minimum absolute atomic E-state index is 0.289. The number of carbonyl (C=O) groups is 2. The molecule has 5 heteroatoms. The zero-order valence-corrected chi connectivity index (χ0v) is 13.3. The highest BCUT2D eigenvalue weighted by Crippen LogP contribution is 2.25. The van der Waals surface area contributed by atoms with Gasteiger partial charge >= 0.3 is 0 Å². The van der Waals surface area contributed by atoms with Crippen molar-refractivity contribution in [2.75, 3.05) is 5.32 Å². The minimum atomic E-state index is -0.557. The Kier molecular flexibility index (Phi) is 4.79. The van der Waals surface area contributed by atoms with Crippen LogP contribution >= 0.6 is 0 Å². The van der Waals surface area contributed by atoms with Crippen LogP contribution < -0.4 is 15.8 Å². The van der Waals surface area contributed by atoms with Crippen molar-refractivity contribution < 1.29 is 14.3 Å². The third kappa shape index (κ3) is 3.93. The number of primary amides is 1. The summed E-state index contributed by atoms with van der Waals surface area (Å²) >= 11 is 0. The molecule has 1 fully saturated rings. The van der Waals surface area contributed by atoms with Crippen molar-refractivity contribution in [3.8, 4) is 5.75 Å². The Bertz CT molecular complexity index is 735. The average molecular weight is 324 g/mol. The van der Waals surface area contributed by atoms with Gasteiger partial charge in [0, 0.05) is 16.8 Å². The van der Waals surface area contributed by atoms with Crippen molar-refractivity contribution in [1.82, 2.24) is 0 Å². The molecule has 0 saturated heterocycles. The highest BCUT2D eigenvalue weighted by molar-refractivity contribution is 6.06. The Morgan fingerprint density at radius 1 is 1.00 bits per heavy atom. The van der Waals surface area contributed by atoms with E-state index in [1.807, 2.05) is 12.1 Å². The van der Waals surface area contributed by atoms with E-state index in [2.05, 4.69) is 5.32 Å². The van der Waals surface area contributed by atoms with E-state index in [-0.39, 0.29) is 5.91 Å². The topological polar surface area (TPSA) is 81.4 Å². The smallest absolute Gasteiger partial charge is 0.255 e. The molecule has 0 atom stereocenters. The molecule has 1 aliphatic rings. The number of hydrogen-bond acceptors (Lipinski definition) is 3. The second kappa shape index (κ2) is 7.17. The first-order valence-electron chi connectivity index (χ1n) is 8.10. The molecular weight excluding hydrogens is 304 g/mol. The lowest BCUT2D eigenvalue weighted by Gasteiger charge is -2.13. The predicted octanol–water partition coefficient (Wildman–Crippen LogP) is 3.36. The van der Waals surface area contributed by atoms with Gasteiger partial charge in [-0.1, -0.05) is 6.07 Å². The number of hydrogen-bond donors (Lipinski definition) is 2. The van der Waals surface area contributed by atoms with E-state index >= 15 is 0 Å². The van der Waals surface area contributed by atoms with Gasteiger partial charge in [0.15, 0.2) is 0 Å². The fourth-order valence-electron chi connectivity index (χ4n) is 2.83. The van der Waals surface area contributed by atoms with Gasteiger partial charge in [-0.3, -0.25) is 9.59 Å². The van der Waals surface area contributed by atoms with Gasteiger partial charge in [0.1, 0.15) is 5.75 Å². The summed E-state index contributed by atoms with van der Waals surface area (Å²) in [6.07, 6.45) is 4.97. The van der Waals surface area contributed by atoms with Crippen molar-refractivity contribution in [3.05, 3.63) is 59.7 Å². The summed E-state index contributed by atoms with van der Waals surface area (Å²) in [6, 6.07) is 13.7. The molecule has 24 heavy (non-hydrogen) atoms. The number of benzene rings is 2. The van der Waals surface area contributed by atoms with Crippen LogP contribution in [0.3, 0.4) is 0 Å². The predicted molar refractivity (Wildman–Crippen MR) is 92.2 cm³/mol. The molecule has 0 spiro atoms. The van der Waals surface area contributed by atoms with Crippen LogP contribution in [0.15, 0.2) is 48.5 Å². The van der Waals surface area contributed by atoms with Crippen molar-refractivity contribution in [1.29, 1.82) is 0 Å². The number of amides is 2. The number of nitrogens with two attached hydrogens (primary N) is 1. The molecule has 0 aliphatic heterocycles. The third-order valence-electron chi connectivity index (χ3n) is 4.13. The lowest BCUT2D eigenvalue weighted by molar-refractivity contribution is 0.1000.